The van der Waals surface area contributed by atoms with Gasteiger partial charge >= 0.3 is 0 Å². The summed E-state index contributed by atoms with van der Waals surface area (Å²) in [7, 11) is 5.31. The Hall–Kier alpha value is -3.71. The van der Waals surface area contributed by atoms with Crippen LogP contribution in [0.2, 0.25) is 0 Å². The number of rotatable bonds is 8. The van der Waals surface area contributed by atoms with E-state index in [1.807, 2.05) is 68.8 Å². The van der Waals surface area contributed by atoms with Gasteiger partial charge in [0.05, 0.1) is 12.8 Å². The van der Waals surface area contributed by atoms with Gasteiger partial charge in [0.1, 0.15) is 11.8 Å². The lowest BCUT2D eigenvalue weighted by Crippen LogP contribution is -2.37. The number of H-pyrrole nitrogens is 1. The maximum atomic E-state index is 12.9. The van der Waals surface area contributed by atoms with Crippen molar-refractivity contribution in [3.05, 3.63) is 66.4 Å². The number of amides is 1. The normalized spacial score (nSPS) is 12.0. The Kier molecular flexibility index (Phi) is 6.70. The lowest BCUT2D eigenvalue weighted by atomic mass is 9.98. The van der Waals surface area contributed by atoms with Crippen molar-refractivity contribution in [1.82, 2.24) is 25.4 Å². The first-order valence-electron chi connectivity index (χ1n) is 11.1. The number of carbonyl (C=O) groups excluding carboxylic acids is 1. The molecule has 0 fully saturated rings. The summed E-state index contributed by atoms with van der Waals surface area (Å²) in [5.74, 6) is 0.820. The predicted molar refractivity (Wildman–Crippen MR) is 131 cm³/mol. The smallest absolute Gasteiger partial charge is 0.244 e. The van der Waals surface area contributed by atoms with E-state index in [2.05, 4.69) is 33.5 Å². The number of methoxy groups -OCH3 is 1. The largest absolute Gasteiger partial charge is 0.496 e. The van der Waals surface area contributed by atoms with Gasteiger partial charge in [-0.05, 0) is 48.9 Å². The van der Waals surface area contributed by atoms with Crippen LogP contribution in [0, 0.1) is 0 Å². The van der Waals surface area contributed by atoms with Crippen molar-refractivity contribution in [1.29, 1.82) is 0 Å². The van der Waals surface area contributed by atoms with E-state index in [1.165, 1.54) is 0 Å². The second kappa shape index (κ2) is 9.83. The summed E-state index contributed by atoms with van der Waals surface area (Å²) in [4.78, 5) is 19.3. The number of likely N-dealkylation sites (N-methyl/N-ethyl adjacent to an activating group) is 2. The molecule has 1 amide bonds. The maximum absolute atomic E-state index is 12.9. The topological polar surface area (TPSA) is 83.1 Å². The standard InChI is InChI=1S/C26H29N5O2/c1-5-13-31(3)26(32)23(27-2)18-10-8-9-17(14-18)19-15-21-24(29-30-25(21)28-16-19)20-11-6-7-12-22(20)33-4/h6-12,14-16,23,27H,5,13H2,1-4H3,(H,28,29,30). The second-order valence-electron chi connectivity index (χ2n) is 8.00. The molecule has 0 saturated carbocycles. The molecule has 0 aliphatic rings. The lowest BCUT2D eigenvalue weighted by molar-refractivity contribution is -0.132. The highest BCUT2D eigenvalue weighted by atomic mass is 16.5. The van der Waals surface area contributed by atoms with E-state index in [0.29, 0.717) is 5.65 Å². The third-order valence-electron chi connectivity index (χ3n) is 5.81. The third kappa shape index (κ3) is 4.45. The van der Waals surface area contributed by atoms with Gasteiger partial charge < -0.3 is 15.0 Å². The van der Waals surface area contributed by atoms with Crippen LogP contribution >= 0.6 is 0 Å². The summed E-state index contributed by atoms with van der Waals surface area (Å²) in [6, 6.07) is 17.5. The maximum Gasteiger partial charge on any atom is 0.244 e. The van der Waals surface area contributed by atoms with Gasteiger partial charge in [-0.15, -0.1) is 0 Å². The van der Waals surface area contributed by atoms with Gasteiger partial charge in [0.2, 0.25) is 5.91 Å². The fraction of sp³-hybridized carbons (Fsp3) is 0.269. The molecule has 0 radical (unpaired) electrons. The van der Waals surface area contributed by atoms with Gasteiger partial charge in [-0.2, -0.15) is 5.10 Å². The first-order chi connectivity index (χ1) is 16.1. The number of aromatic nitrogens is 3. The Balaban J connectivity index is 1.73. The fourth-order valence-electron chi connectivity index (χ4n) is 4.11. The molecule has 0 aliphatic heterocycles. The Morgan fingerprint density at radius 2 is 1.97 bits per heavy atom. The van der Waals surface area contributed by atoms with E-state index in [-0.39, 0.29) is 5.91 Å². The molecule has 0 aliphatic carbocycles. The van der Waals surface area contributed by atoms with Crippen LogP contribution < -0.4 is 10.1 Å². The molecular formula is C26H29N5O2. The minimum atomic E-state index is -0.406. The van der Waals surface area contributed by atoms with E-state index in [1.54, 1.807) is 12.0 Å². The Morgan fingerprint density at radius 3 is 2.73 bits per heavy atom. The van der Waals surface area contributed by atoms with Crippen molar-refractivity contribution in [3.63, 3.8) is 0 Å². The molecule has 1 unspecified atom stereocenters. The molecule has 7 heteroatoms. The van der Waals surface area contributed by atoms with Gasteiger partial charge in [0.15, 0.2) is 5.65 Å². The summed E-state index contributed by atoms with van der Waals surface area (Å²) in [6.45, 7) is 2.79. The van der Waals surface area contributed by atoms with E-state index < -0.39 is 6.04 Å². The lowest BCUT2D eigenvalue weighted by Gasteiger charge is -2.23. The van der Waals surface area contributed by atoms with Crippen LogP contribution in [0.25, 0.3) is 33.4 Å². The number of ether oxygens (including phenoxy) is 1. The van der Waals surface area contributed by atoms with E-state index in [0.717, 1.165) is 52.0 Å². The zero-order valence-electron chi connectivity index (χ0n) is 19.4. The zero-order chi connectivity index (χ0) is 23.4. The zero-order valence-corrected chi connectivity index (χ0v) is 19.4. The number of para-hydroxylation sites is 1. The quantitative estimate of drug-likeness (QED) is 0.421. The number of nitrogens with one attached hydrogen (secondary N) is 2. The van der Waals surface area contributed by atoms with Crippen LogP contribution in [0.1, 0.15) is 24.9 Å². The van der Waals surface area contributed by atoms with Crippen molar-refractivity contribution in [3.8, 4) is 28.1 Å². The van der Waals surface area contributed by atoms with Crippen LogP contribution in [-0.4, -0.2) is 53.7 Å². The minimum Gasteiger partial charge on any atom is -0.496 e. The number of fused-ring (bicyclic) bond motifs is 1. The molecule has 7 nitrogen and oxygen atoms in total. The molecule has 4 rings (SSSR count). The second-order valence-corrected chi connectivity index (χ2v) is 8.00. The Labute approximate surface area is 193 Å². The van der Waals surface area contributed by atoms with Gasteiger partial charge in [-0.1, -0.05) is 37.3 Å². The van der Waals surface area contributed by atoms with Crippen LogP contribution in [0.5, 0.6) is 5.75 Å². The molecule has 2 aromatic carbocycles. The molecule has 33 heavy (non-hydrogen) atoms. The number of hydrogen-bond donors (Lipinski definition) is 2. The summed E-state index contributed by atoms with van der Waals surface area (Å²) in [5, 5.41) is 11.6. The summed E-state index contributed by atoms with van der Waals surface area (Å²) >= 11 is 0. The highest BCUT2D eigenvalue weighted by Crippen LogP contribution is 2.34. The Morgan fingerprint density at radius 1 is 1.15 bits per heavy atom. The fourth-order valence-corrected chi connectivity index (χ4v) is 4.11. The number of nitrogens with zero attached hydrogens (tertiary/aromatic N) is 3. The molecular weight excluding hydrogens is 414 g/mol. The van der Waals surface area contributed by atoms with Crippen LogP contribution in [0.3, 0.4) is 0 Å². The predicted octanol–water partition coefficient (Wildman–Crippen LogP) is 4.43. The molecule has 170 valence electrons. The van der Waals surface area contributed by atoms with E-state index in [9.17, 15) is 4.79 Å². The van der Waals surface area contributed by atoms with Crippen molar-refractivity contribution in [2.24, 2.45) is 0 Å². The minimum absolute atomic E-state index is 0.0540. The van der Waals surface area contributed by atoms with Crippen LogP contribution in [-0.2, 0) is 4.79 Å². The van der Waals surface area contributed by atoms with Gasteiger partial charge in [0, 0.05) is 36.3 Å². The van der Waals surface area contributed by atoms with Crippen LogP contribution in [0.4, 0.5) is 0 Å². The summed E-state index contributed by atoms with van der Waals surface area (Å²) in [6.07, 6.45) is 2.73. The molecule has 0 bridgehead atoms. The van der Waals surface area contributed by atoms with Gasteiger partial charge in [0.25, 0.3) is 0 Å². The number of pyridine rings is 1. The van der Waals surface area contributed by atoms with Crippen molar-refractivity contribution in [2.45, 2.75) is 19.4 Å². The summed E-state index contributed by atoms with van der Waals surface area (Å²) < 4.78 is 5.54. The number of carbonyl (C=O) groups is 1. The van der Waals surface area contributed by atoms with Crippen molar-refractivity contribution in [2.75, 3.05) is 27.7 Å². The first kappa shape index (κ1) is 22.5. The SMILES string of the molecule is CCCN(C)C(=O)C(NC)c1cccc(-c2cnc3n[nH]c(-c4ccccc4OC)c3c2)c1. The Bertz CT molecular complexity index is 1270. The molecule has 2 aromatic heterocycles. The highest BCUT2D eigenvalue weighted by molar-refractivity contribution is 5.94. The summed E-state index contributed by atoms with van der Waals surface area (Å²) in [5.41, 5.74) is 5.28. The number of hydrogen-bond acceptors (Lipinski definition) is 5. The van der Waals surface area contributed by atoms with Gasteiger partial charge in [-0.3, -0.25) is 9.89 Å². The molecule has 1 atom stereocenters. The first-order valence-corrected chi connectivity index (χ1v) is 11.1. The van der Waals surface area contributed by atoms with Crippen molar-refractivity contribution < 1.29 is 9.53 Å². The van der Waals surface area contributed by atoms with Crippen molar-refractivity contribution >= 4 is 16.9 Å². The number of aromatic amines is 1. The monoisotopic (exact) mass is 443 g/mol. The molecule has 0 saturated heterocycles. The highest BCUT2D eigenvalue weighted by Gasteiger charge is 2.22. The third-order valence-corrected chi connectivity index (χ3v) is 5.81. The van der Waals surface area contributed by atoms with Gasteiger partial charge in [-0.25, -0.2) is 4.98 Å². The molecule has 4 aromatic rings. The van der Waals surface area contributed by atoms with E-state index in [4.69, 9.17) is 4.74 Å². The number of benzene rings is 2. The average molecular weight is 444 g/mol. The molecule has 2 heterocycles. The van der Waals surface area contributed by atoms with Crippen LogP contribution in [0.15, 0.2) is 60.8 Å². The average Bonchev–Trinajstić information content (AvgIpc) is 3.28. The molecule has 2 N–H and O–H groups in total. The molecule has 0 spiro atoms. The van der Waals surface area contributed by atoms with E-state index >= 15 is 0 Å².